The molecule has 0 spiro atoms. The third-order valence-corrected chi connectivity index (χ3v) is 6.07. The molecule has 2 amide bonds. The van der Waals surface area contributed by atoms with Gasteiger partial charge in [0.05, 0.1) is 26.9 Å². The molecular formula is C26H32N4O5. The number of nitrogens with one attached hydrogen (secondary N) is 2. The fourth-order valence-corrected chi connectivity index (χ4v) is 4.15. The van der Waals surface area contributed by atoms with Gasteiger partial charge in [0.15, 0.2) is 0 Å². The zero-order valence-electron chi connectivity index (χ0n) is 20.3. The molecule has 2 unspecified atom stereocenters. The minimum absolute atomic E-state index is 0.00341. The number of nitrogens with zero attached hydrogens (tertiary/aromatic N) is 2. The van der Waals surface area contributed by atoms with Gasteiger partial charge in [-0.25, -0.2) is 5.43 Å². The Hall–Kier alpha value is -3.72. The van der Waals surface area contributed by atoms with E-state index in [9.17, 15) is 9.59 Å². The lowest BCUT2D eigenvalue weighted by Gasteiger charge is -2.31. The fraction of sp³-hybridized carbons (Fsp3) is 0.385. The molecule has 1 fully saturated rings. The molecule has 2 heterocycles. The van der Waals surface area contributed by atoms with Crippen molar-refractivity contribution in [1.29, 1.82) is 0 Å². The molecule has 35 heavy (non-hydrogen) atoms. The van der Waals surface area contributed by atoms with Crippen LogP contribution < -0.4 is 25.0 Å². The number of fused-ring (bicyclic) bond motifs is 1. The van der Waals surface area contributed by atoms with Gasteiger partial charge in [-0.2, -0.15) is 0 Å². The van der Waals surface area contributed by atoms with Gasteiger partial charge in [-0.05, 0) is 30.5 Å². The highest BCUT2D eigenvalue weighted by Crippen LogP contribution is 2.32. The molecule has 2 aromatic rings. The molecule has 4 rings (SSSR count). The van der Waals surface area contributed by atoms with Crippen LogP contribution in [-0.4, -0.2) is 55.1 Å². The van der Waals surface area contributed by atoms with Gasteiger partial charge >= 0.3 is 0 Å². The Labute approximate surface area is 205 Å². The van der Waals surface area contributed by atoms with E-state index in [4.69, 9.17) is 14.2 Å². The van der Waals surface area contributed by atoms with Gasteiger partial charge in [0.25, 0.3) is 5.91 Å². The van der Waals surface area contributed by atoms with E-state index in [1.165, 1.54) is 4.90 Å². The Morgan fingerprint density at radius 2 is 1.77 bits per heavy atom. The third-order valence-electron chi connectivity index (χ3n) is 6.07. The SMILES string of the molecule is CCCCOc1ccc(C2CC3C(=O)N(CC(=O)Nc4cc(OC)cc(OC)c4)C=CN3N2)cc1. The zero-order valence-corrected chi connectivity index (χ0v) is 20.3. The summed E-state index contributed by atoms with van der Waals surface area (Å²) in [5, 5.41) is 4.63. The number of hydrogen-bond donors (Lipinski definition) is 2. The summed E-state index contributed by atoms with van der Waals surface area (Å²) in [6.07, 6.45) is 6.15. The van der Waals surface area contributed by atoms with E-state index in [0.29, 0.717) is 30.2 Å². The van der Waals surface area contributed by atoms with Crippen LogP contribution in [0.3, 0.4) is 0 Å². The van der Waals surface area contributed by atoms with Crippen LogP contribution in [-0.2, 0) is 9.59 Å². The summed E-state index contributed by atoms with van der Waals surface area (Å²) in [6, 6.07) is 12.7. The highest BCUT2D eigenvalue weighted by Gasteiger charge is 2.40. The number of hydrazine groups is 1. The summed E-state index contributed by atoms with van der Waals surface area (Å²) >= 11 is 0. The third kappa shape index (κ3) is 5.86. The maximum atomic E-state index is 13.1. The lowest BCUT2D eigenvalue weighted by molar-refractivity contribution is -0.137. The Kier molecular flexibility index (Phi) is 7.77. The van der Waals surface area contributed by atoms with Crippen molar-refractivity contribution >= 4 is 17.5 Å². The molecule has 0 bridgehead atoms. The number of amides is 2. The lowest BCUT2D eigenvalue weighted by Crippen LogP contribution is -2.49. The Balaban J connectivity index is 1.34. The first-order chi connectivity index (χ1) is 17.0. The standard InChI is InChI=1S/C26H32N4O5/c1-4-5-12-35-20-8-6-18(7-9-20)23-16-24-26(32)29(10-11-30(24)28-23)17-25(31)27-19-13-21(33-2)15-22(14-19)34-3/h6-11,13-15,23-24,28H,4-5,12,16-17H2,1-3H3,(H,27,31). The molecule has 2 N–H and O–H groups in total. The number of anilines is 1. The number of benzene rings is 2. The number of rotatable bonds is 10. The molecule has 2 aliphatic heterocycles. The van der Waals surface area contributed by atoms with Crippen molar-refractivity contribution in [3.05, 3.63) is 60.4 Å². The number of carbonyl (C=O) groups excluding carboxylic acids is 2. The van der Waals surface area contributed by atoms with Gasteiger partial charge in [0, 0.05) is 36.3 Å². The van der Waals surface area contributed by atoms with Gasteiger partial charge in [-0.15, -0.1) is 0 Å². The number of unbranched alkanes of at least 4 members (excludes halogenated alkanes) is 1. The average molecular weight is 481 g/mol. The smallest absolute Gasteiger partial charge is 0.251 e. The first-order valence-electron chi connectivity index (χ1n) is 11.8. The molecule has 2 aliphatic rings. The summed E-state index contributed by atoms with van der Waals surface area (Å²) < 4.78 is 16.2. The fourth-order valence-electron chi connectivity index (χ4n) is 4.15. The predicted octanol–water partition coefficient (Wildman–Crippen LogP) is 3.45. The van der Waals surface area contributed by atoms with Crippen LogP contribution in [0.2, 0.25) is 0 Å². The summed E-state index contributed by atoms with van der Waals surface area (Å²) in [4.78, 5) is 27.2. The van der Waals surface area contributed by atoms with Crippen molar-refractivity contribution in [2.75, 3.05) is 32.7 Å². The maximum Gasteiger partial charge on any atom is 0.251 e. The van der Waals surface area contributed by atoms with E-state index >= 15 is 0 Å². The van der Waals surface area contributed by atoms with Crippen molar-refractivity contribution < 1.29 is 23.8 Å². The Bertz CT molecular complexity index is 1050. The van der Waals surface area contributed by atoms with Gasteiger partial charge in [-0.1, -0.05) is 25.5 Å². The molecule has 9 heteroatoms. The molecule has 2 aromatic carbocycles. The minimum Gasteiger partial charge on any atom is -0.497 e. The minimum atomic E-state index is -0.379. The zero-order chi connectivity index (χ0) is 24.8. The van der Waals surface area contributed by atoms with Crippen molar-refractivity contribution in [2.24, 2.45) is 0 Å². The molecule has 0 radical (unpaired) electrons. The monoisotopic (exact) mass is 480 g/mol. The largest absolute Gasteiger partial charge is 0.497 e. The summed E-state index contributed by atoms with van der Waals surface area (Å²) in [5.74, 6) is 1.54. The second kappa shape index (κ2) is 11.1. The first-order valence-corrected chi connectivity index (χ1v) is 11.8. The van der Waals surface area contributed by atoms with Gasteiger partial charge in [0.1, 0.15) is 29.8 Å². The molecule has 0 aliphatic carbocycles. The van der Waals surface area contributed by atoms with Gasteiger partial charge in [0.2, 0.25) is 5.91 Å². The van der Waals surface area contributed by atoms with E-state index in [0.717, 1.165) is 24.2 Å². The van der Waals surface area contributed by atoms with Crippen molar-refractivity contribution in [3.8, 4) is 17.2 Å². The van der Waals surface area contributed by atoms with E-state index in [-0.39, 0.29) is 30.4 Å². The van der Waals surface area contributed by atoms with E-state index in [1.807, 2.05) is 29.3 Å². The number of methoxy groups -OCH3 is 2. The molecule has 1 saturated heterocycles. The highest BCUT2D eigenvalue weighted by atomic mass is 16.5. The molecule has 0 aromatic heterocycles. The lowest BCUT2D eigenvalue weighted by atomic mass is 10.0. The Morgan fingerprint density at radius 1 is 1.06 bits per heavy atom. The predicted molar refractivity (Wildman–Crippen MR) is 132 cm³/mol. The topological polar surface area (TPSA) is 92.4 Å². The summed E-state index contributed by atoms with van der Waals surface area (Å²) in [5.41, 5.74) is 5.00. The van der Waals surface area contributed by atoms with Crippen molar-refractivity contribution in [3.63, 3.8) is 0 Å². The van der Waals surface area contributed by atoms with Crippen LogP contribution in [0.15, 0.2) is 54.9 Å². The van der Waals surface area contributed by atoms with Crippen molar-refractivity contribution in [1.82, 2.24) is 15.3 Å². The number of hydrogen-bond acceptors (Lipinski definition) is 7. The molecule has 186 valence electrons. The molecular weight excluding hydrogens is 448 g/mol. The maximum absolute atomic E-state index is 13.1. The molecule has 9 nitrogen and oxygen atoms in total. The van der Waals surface area contributed by atoms with E-state index < -0.39 is 0 Å². The number of carbonyl (C=O) groups is 2. The van der Waals surface area contributed by atoms with Crippen LogP contribution in [0.5, 0.6) is 17.2 Å². The second-order valence-corrected chi connectivity index (χ2v) is 8.53. The quantitative estimate of drug-likeness (QED) is 0.503. The summed E-state index contributed by atoms with van der Waals surface area (Å²) in [7, 11) is 3.09. The Morgan fingerprint density at radius 3 is 2.43 bits per heavy atom. The van der Waals surface area contributed by atoms with E-state index in [1.54, 1.807) is 44.8 Å². The first kappa shape index (κ1) is 24.4. The molecule has 2 atom stereocenters. The van der Waals surface area contributed by atoms with Crippen LogP contribution in [0, 0.1) is 0 Å². The molecule has 0 saturated carbocycles. The average Bonchev–Trinajstić information content (AvgIpc) is 3.31. The van der Waals surface area contributed by atoms with Crippen LogP contribution in [0.4, 0.5) is 5.69 Å². The highest BCUT2D eigenvalue weighted by molar-refractivity contribution is 5.96. The van der Waals surface area contributed by atoms with Gasteiger partial charge in [-0.3, -0.25) is 9.59 Å². The van der Waals surface area contributed by atoms with Crippen molar-refractivity contribution in [2.45, 2.75) is 38.3 Å². The normalized spacial score (nSPS) is 18.9. The van der Waals surface area contributed by atoms with Crippen LogP contribution in [0.25, 0.3) is 0 Å². The van der Waals surface area contributed by atoms with Crippen LogP contribution >= 0.6 is 0 Å². The van der Waals surface area contributed by atoms with E-state index in [2.05, 4.69) is 17.7 Å². The van der Waals surface area contributed by atoms with Gasteiger partial charge < -0.3 is 29.4 Å². The second-order valence-electron chi connectivity index (χ2n) is 8.53. The van der Waals surface area contributed by atoms with Crippen LogP contribution in [0.1, 0.15) is 37.8 Å². The summed E-state index contributed by atoms with van der Waals surface area (Å²) in [6.45, 7) is 2.75. The number of ether oxygens (including phenoxy) is 3.